The quantitative estimate of drug-likeness (QED) is 0.593. The number of nitrogens with two attached hydrogens (primary N) is 1. The smallest absolute Gasteiger partial charge is 0.0740 e. The Bertz CT molecular complexity index is 179. The van der Waals surface area contributed by atoms with E-state index in [9.17, 15) is 0 Å². The Hall–Kier alpha value is -0.230. The van der Waals surface area contributed by atoms with E-state index in [1.165, 1.54) is 0 Å². The van der Waals surface area contributed by atoms with Gasteiger partial charge in [-0.05, 0) is 6.92 Å². The van der Waals surface area contributed by atoms with E-state index in [1.807, 2.05) is 0 Å². The van der Waals surface area contributed by atoms with Gasteiger partial charge in [-0.25, -0.2) is 0 Å². The standard InChI is InChI=1S/C10H22N2O2S/c1-9(8-14-3)12(6-7-13-2)5-4-10(11)15/h9H,4-8H2,1-3H3,(H2,11,15). The average Bonchev–Trinajstić information content (AvgIpc) is 2.17. The molecule has 0 heterocycles. The lowest BCUT2D eigenvalue weighted by atomic mass is 10.2. The molecule has 5 heteroatoms. The maximum atomic E-state index is 5.49. The van der Waals surface area contributed by atoms with E-state index in [4.69, 9.17) is 27.4 Å². The second-order valence-corrected chi connectivity index (χ2v) is 4.07. The Labute approximate surface area is 97.7 Å². The largest absolute Gasteiger partial charge is 0.393 e. The molecule has 1 atom stereocenters. The van der Waals surface area contributed by atoms with Gasteiger partial charge in [0.25, 0.3) is 0 Å². The van der Waals surface area contributed by atoms with Crippen LogP contribution in [0.1, 0.15) is 13.3 Å². The minimum absolute atomic E-state index is 0.361. The highest BCUT2D eigenvalue weighted by Crippen LogP contribution is 2.01. The molecule has 0 aromatic carbocycles. The summed E-state index contributed by atoms with van der Waals surface area (Å²) in [7, 11) is 3.41. The Kier molecular flexibility index (Phi) is 8.89. The zero-order valence-electron chi connectivity index (χ0n) is 9.86. The lowest BCUT2D eigenvalue weighted by molar-refractivity contribution is 0.0769. The molecule has 0 amide bonds. The summed E-state index contributed by atoms with van der Waals surface area (Å²) in [6.45, 7) is 5.29. The van der Waals surface area contributed by atoms with Gasteiger partial charge in [0.05, 0.1) is 18.2 Å². The van der Waals surface area contributed by atoms with Crippen molar-refractivity contribution in [3.05, 3.63) is 0 Å². The zero-order valence-corrected chi connectivity index (χ0v) is 10.7. The molecule has 0 saturated heterocycles. The summed E-state index contributed by atoms with van der Waals surface area (Å²) in [5.74, 6) is 0. The van der Waals surface area contributed by atoms with Crippen LogP contribution in [0.4, 0.5) is 0 Å². The van der Waals surface area contributed by atoms with Crippen LogP contribution >= 0.6 is 12.2 Å². The molecule has 2 N–H and O–H groups in total. The molecule has 0 radical (unpaired) electrons. The van der Waals surface area contributed by atoms with Crippen LogP contribution in [0.5, 0.6) is 0 Å². The number of hydrogen-bond acceptors (Lipinski definition) is 4. The third kappa shape index (κ3) is 7.67. The van der Waals surface area contributed by atoms with Crippen molar-refractivity contribution in [1.82, 2.24) is 4.90 Å². The molecule has 0 fully saturated rings. The first-order valence-electron chi connectivity index (χ1n) is 5.12. The molecule has 0 aliphatic carbocycles. The van der Waals surface area contributed by atoms with Crippen LogP contribution in [0.15, 0.2) is 0 Å². The normalized spacial score (nSPS) is 13.1. The second-order valence-electron chi connectivity index (χ2n) is 3.55. The zero-order chi connectivity index (χ0) is 11.7. The maximum Gasteiger partial charge on any atom is 0.0740 e. The molecule has 0 rings (SSSR count). The number of hydrogen-bond donors (Lipinski definition) is 1. The number of methoxy groups -OCH3 is 2. The Morgan fingerprint density at radius 2 is 2.00 bits per heavy atom. The van der Waals surface area contributed by atoms with Gasteiger partial charge >= 0.3 is 0 Å². The number of ether oxygens (including phenoxy) is 2. The Morgan fingerprint density at radius 1 is 1.33 bits per heavy atom. The van der Waals surface area contributed by atoms with Crippen LogP contribution in [-0.2, 0) is 9.47 Å². The van der Waals surface area contributed by atoms with Crippen molar-refractivity contribution < 1.29 is 9.47 Å². The monoisotopic (exact) mass is 234 g/mol. The minimum atomic E-state index is 0.361. The first kappa shape index (κ1) is 14.8. The van der Waals surface area contributed by atoms with Gasteiger partial charge in [0.2, 0.25) is 0 Å². The molecule has 1 unspecified atom stereocenters. The van der Waals surface area contributed by atoms with Gasteiger partial charge in [-0.2, -0.15) is 0 Å². The predicted molar refractivity (Wildman–Crippen MR) is 66.2 cm³/mol. The summed E-state index contributed by atoms with van der Waals surface area (Å²) in [6.07, 6.45) is 0.743. The van der Waals surface area contributed by atoms with Crippen LogP contribution in [-0.4, -0.2) is 56.5 Å². The van der Waals surface area contributed by atoms with Crippen molar-refractivity contribution in [1.29, 1.82) is 0 Å². The fourth-order valence-corrected chi connectivity index (χ4v) is 1.45. The van der Waals surface area contributed by atoms with Gasteiger partial charge in [-0.3, -0.25) is 4.90 Å². The minimum Gasteiger partial charge on any atom is -0.393 e. The topological polar surface area (TPSA) is 47.7 Å². The van der Waals surface area contributed by atoms with Gasteiger partial charge < -0.3 is 15.2 Å². The predicted octanol–water partition coefficient (Wildman–Crippen LogP) is 0.646. The van der Waals surface area contributed by atoms with Crippen LogP contribution < -0.4 is 5.73 Å². The van der Waals surface area contributed by atoms with Crippen molar-refractivity contribution in [2.75, 3.05) is 40.5 Å². The van der Waals surface area contributed by atoms with Crippen molar-refractivity contribution in [2.24, 2.45) is 5.73 Å². The SMILES string of the molecule is COCCN(CCC(N)=S)C(C)COC. The van der Waals surface area contributed by atoms with Crippen molar-refractivity contribution in [3.63, 3.8) is 0 Å². The maximum absolute atomic E-state index is 5.49. The molecule has 0 aliphatic heterocycles. The van der Waals surface area contributed by atoms with Crippen LogP contribution in [0.25, 0.3) is 0 Å². The molecule has 0 aliphatic rings. The average molecular weight is 234 g/mol. The number of rotatable bonds is 9. The molecule has 0 bridgehead atoms. The molecule has 0 aromatic rings. The number of nitrogens with zero attached hydrogens (tertiary/aromatic N) is 1. The third-order valence-electron chi connectivity index (χ3n) is 2.26. The summed E-state index contributed by atoms with van der Waals surface area (Å²) < 4.78 is 10.2. The van der Waals surface area contributed by atoms with Crippen LogP contribution in [0, 0.1) is 0 Å². The van der Waals surface area contributed by atoms with Crippen molar-refractivity contribution in [2.45, 2.75) is 19.4 Å². The molecule has 0 spiro atoms. The van der Waals surface area contributed by atoms with Gasteiger partial charge in [0.1, 0.15) is 0 Å². The fourth-order valence-electron chi connectivity index (χ4n) is 1.36. The van der Waals surface area contributed by atoms with E-state index in [0.29, 0.717) is 24.2 Å². The molecular formula is C10H22N2O2S. The Morgan fingerprint density at radius 3 is 2.47 bits per heavy atom. The highest BCUT2D eigenvalue weighted by molar-refractivity contribution is 7.80. The molecular weight excluding hydrogens is 212 g/mol. The second kappa shape index (κ2) is 9.03. The fraction of sp³-hybridized carbons (Fsp3) is 0.900. The van der Waals surface area contributed by atoms with Crippen LogP contribution in [0.2, 0.25) is 0 Å². The first-order valence-corrected chi connectivity index (χ1v) is 5.52. The molecule has 90 valence electrons. The molecule has 0 aromatic heterocycles. The highest BCUT2D eigenvalue weighted by Gasteiger charge is 2.13. The van der Waals surface area contributed by atoms with Gasteiger partial charge in [0.15, 0.2) is 0 Å². The van der Waals surface area contributed by atoms with Gasteiger partial charge in [0, 0.05) is 39.8 Å². The summed E-state index contributed by atoms with van der Waals surface area (Å²) in [6, 6.07) is 0.361. The van der Waals surface area contributed by atoms with Crippen LogP contribution in [0.3, 0.4) is 0 Å². The summed E-state index contributed by atoms with van der Waals surface area (Å²) in [4.78, 5) is 2.83. The van der Waals surface area contributed by atoms with E-state index in [2.05, 4.69) is 11.8 Å². The summed E-state index contributed by atoms with van der Waals surface area (Å²) in [5, 5.41) is 0. The lowest BCUT2D eigenvalue weighted by Gasteiger charge is -2.28. The number of thiocarbonyl (C=S) groups is 1. The summed E-state index contributed by atoms with van der Waals surface area (Å²) >= 11 is 4.87. The molecule has 0 saturated carbocycles. The highest BCUT2D eigenvalue weighted by atomic mass is 32.1. The molecule has 4 nitrogen and oxygen atoms in total. The first-order chi connectivity index (χ1) is 7.11. The van der Waals surface area contributed by atoms with E-state index < -0.39 is 0 Å². The van der Waals surface area contributed by atoms with Gasteiger partial charge in [-0.1, -0.05) is 12.2 Å². The lowest BCUT2D eigenvalue weighted by Crippen LogP contribution is -2.40. The van der Waals surface area contributed by atoms with Crippen molar-refractivity contribution >= 4 is 17.2 Å². The van der Waals surface area contributed by atoms with E-state index in [0.717, 1.165) is 19.5 Å². The van der Waals surface area contributed by atoms with E-state index in [-0.39, 0.29) is 0 Å². The van der Waals surface area contributed by atoms with E-state index in [1.54, 1.807) is 14.2 Å². The molecule has 15 heavy (non-hydrogen) atoms. The Balaban J connectivity index is 3.98. The third-order valence-corrected chi connectivity index (χ3v) is 2.46. The van der Waals surface area contributed by atoms with Crippen molar-refractivity contribution in [3.8, 4) is 0 Å². The summed E-state index contributed by atoms with van der Waals surface area (Å²) in [5.41, 5.74) is 5.49. The van der Waals surface area contributed by atoms with Gasteiger partial charge in [-0.15, -0.1) is 0 Å². The van der Waals surface area contributed by atoms with E-state index >= 15 is 0 Å².